The molecule has 2 nitrogen and oxygen atoms in total. The van der Waals surface area contributed by atoms with Gasteiger partial charge in [0.2, 0.25) is 0 Å². The number of aliphatic hydroxyl groups is 1. The largest absolute Gasteiger partial charge is 0.391 e. The summed E-state index contributed by atoms with van der Waals surface area (Å²) in [6.45, 7) is 2.63. The van der Waals surface area contributed by atoms with Crippen molar-refractivity contribution in [2.75, 3.05) is 6.61 Å². The third-order valence-electron chi connectivity index (χ3n) is 1.52. The molecule has 0 spiro atoms. The van der Waals surface area contributed by atoms with Gasteiger partial charge in [-0.25, -0.2) is 0 Å². The van der Waals surface area contributed by atoms with E-state index in [2.05, 4.69) is 29.5 Å². The average molecular weight is 242 g/mol. The average Bonchev–Trinajstić information content (AvgIpc) is 2.14. The zero-order valence-electron chi connectivity index (χ0n) is 5.38. The van der Waals surface area contributed by atoms with Crippen LogP contribution in [0.3, 0.4) is 0 Å². The summed E-state index contributed by atoms with van der Waals surface area (Å²) in [5, 5.41) is 9.02. The first kappa shape index (κ1) is 7.75. The van der Waals surface area contributed by atoms with Gasteiger partial charge in [0.15, 0.2) is 0 Å². The molecule has 1 heterocycles. The van der Waals surface area contributed by atoms with Crippen molar-refractivity contribution < 1.29 is 9.84 Å². The maximum Gasteiger partial charge on any atom is 0.0798 e. The Labute approximate surface area is 68.7 Å². The molecule has 0 aromatic rings. The number of rotatable bonds is 1. The Morgan fingerprint density at radius 1 is 1.78 bits per heavy atom. The SMILES string of the molecule is C[C@H](I)C1CC(O)CO1. The second-order valence-corrected chi connectivity index (χ2v) is 4.40. The summed E-state index contributed by atoms with van der Waals surface area (Å²) >= 11 is 2.32. The Kier molecular flexibility index (Phi) is 2.73. The van der Waals surface area contributed by atoms with Crippen LogP contribution in [0.5, 0.6) is 0 Å². The van der Waals surface area contributed by atoms with E-state index in [4.69, 9.17) is 9.84 Å². The van der Waals surface area contributed by atoms with Gasteiger partial charge in [-0.05, 0) is 0 Å². The molecule has 0 saturated carbocycles. The molecule has 1 saturated heterocycles. The van der Waals surface area contributed by atoms with Crippen LogP contribution >= 0.6 is 22.6 Å². The molecule has 1 rings (SSSR count). The topological polar surface area (TPSA) is 29.5 Å². The molecule has 3 atom stereocenters. The fourth-order valence-electron chi connectivity index (χ4n) is 0.959. The van der Waals surface area contributed by atoms with Gasteiger partial charge in [0.05, 0.1) is 18.8 Å². The van der Waals surface area contributed by atoms with Crippen molar-refractivity contribution in [3.63, 3.8) is 0 Å². The summed E-state index contributed by atoms with van der Waals surface area (Å²) in [7, 11) is 0. The van der Waals surface area contributed by atoms with Crippen LogP contribution in [-0.2, 0) is 4.74 Å². The second kappa shape index (κ2) is 3.16. The lowest BCUT2D eigenvalue weighted by molar-refractivity contribution is 0.0914. The number of hydrogen-bond donors (Lipinski definition) is 1. The van der Waals surface area contributed by atoms with Crippen LogP contribution in [0.15, 0.2) is 0 Å². The van der Waals surface area contributed by atoms with E-state index < -0.39 is 0 Å². The van der Waals surface area contributed by atoms with E-state index in [1.165, 1.54) is 0 Å². The Bertz CT molecular complexity index is 95.1. The van der Waals surface area contributed by atoms with E-state index >= 15 is 0 Å². The predicted octanol–water partition coefficient (Wildman–Crippen LogP) is 0.960. The number of ether oxygens (including phenoxy) is 1. The normalized spacial score (nSPS) is 39.0. The lowest BCUT2D eigenvalue weighted by atomic mass is 10.2. The first-order valence-corrected chi connectivity index (χ1v) is 4.38. The molecule has 1 fully saturated rings. The van der Waals surface area contributed by atoms with E-state index in [0.29, 0.717) is 10.5 Å². The van der Waals surface area contributed by atoms with Crippen LogP contribution in [0.2, 0.25) is 0 Å². The van der Waals surface area contributed by atoms with Gasteiger partial charge in [-0.1, -0.05) is 29.5 Å². The van der Waals surface area contributed by atoms with Crippen molar-refractivity contribution in [1.82, 2.24) is 0 Å². The fourth-order valence-corrected chi connectivity index (χ4v) is 1.46. The summed E-state index contributed by atoms with van der Waals surface area (Å²) in [5.41, 5.74) is 0. The van der Waals surface area contributed by atoms with E-state index in [0.717, 1.165) is 6.42 Å². The molecule has 9 heavy (non-hydrogen) atoms. The zero-order valence-corrected chi connectivity index (χ0v) is 7.54. The van der Waals surface area contributed by atoms with Gasteiger partial charge >= 0.3 is 0 Å². The molecular weight excluding hydrogens is 231 g/mol. The highest BCUT2D eigenvalue weighted by molar-refractivity contribution is 14.1. The van der Waals surface area contributed by atoms with Crippen molar-refractivity contribution in [2.45, 2.75) is 29.5 Å². The van der Waals surface area contributed by atoms with Gasteiger partial charge in [-0.3, -0.25) is 0 Å². The highest BCUT2D eigenvalue weighted by Gasteiger charge is 2.26. The van der Waals surface area contributed by atoms with Crippen molar-refractivity contribution in [3.8, 4) is 0 Å². The third kappa shape index (κ3) is 2.05. The molecule has 0 aromatic carbocycles. The standard InChI is InChI=1S/C6H11IO2/c1-4(7)6-2-5(8)3-9-6/h4-6,8H,2-3H2,1H3/t4-,5?,6?/m0/s1. The minimum Gasteiger partial charge on any atom is -0.391 e. The molecule has 2 unspecified atom stereocenters. The maximum absolute atomic E-state index is 9.02. The molecule has 0 radical (unpaired) electrons. The minimum absolute atomic E-state index is 0.216. The molecule has 0 aromatic heterocycles. The Balaban J connectivity index is 2.30. The fraction of sp³-hybridized carbons (Fsp3) is 1.00. The lowest BCUT2D eigenvalue weighted by Gasteiger charge is -2.10. The summed E-state index contributed by atoms with van der Waals surface area (Å²) in [6, 6.07) is 0. The lowest BCUT2D eigenvalue weighted by Crippen LogP contribution is -2.16. The molecule has 54 valence electrons. The number of alkyl halides is 1. The van der Waals surface area contributed by atoms with Gasteiger partial charge in [0, 0.05) is 10.3 Å². The third-order valence-corrected chi connectivity index (χ3v) is 2.32. The van der Waals surface area contributed by atoms with Gasteiger partial charge in [-0.2, -0.15) is 0 Å². The number of aliphatic hydroxyl groups excluding tert-OH is 1. The van der Waals surface area contributed by atoms with E-state index in [1.807, 2.05) is 0 Å². The van der Waals surface area contributed by atoms with E-state index in [-0.39, 0.29) is 12.2 Å². The first-order chi connectivity index (χ1) is 4.20. The Morgan fingerprint density at radius 2 is 2.44 bits per heavy atom. The van der Waals surface area contributed by atoms with Crippen LogP contribution in [0.4, 0.5) is 0 Å². The molecule has 0 aliphatic carbocycles. The molecule has 3 heteroatoms. The Morgan fingerprint density at radius 3 is 2.67 bits per heavy atom. The zero-order chi connectivity index (χ0) is 6.85. The molecule has 1 aliphatic heterocycles. The van der Waals surface area contributed by atoms with Gasteiger partial charge in [-0.15, -0.1) is 0 Å². The summed E-state index contributed by atoms with van der Waals surface area (Å²) < 4.78 is 5.78. The van der Waals surface area contributed by atoms with Gasteiger partial charge in [0.25, 0.3) is 0 Å². The highest BCUT2D eigenvalue weighted by Crippen LogP contribution is 2.20. The quantitative estimate of drug-likeness (QED) is 0.548. The van der Waals surface area contributed by atoms with E-state index in [1.54, 1.807) is 0 Å². The van der Waals surface area contributed by atoms with Gasteiger partial charge < -0.3 is 9.84 Å². The summed E-state index contributed by atoms with van der Waals surface area (Å²) in [4.78, 5) is 0. The molecule has 0 amide bonds. The van der Waals surface area contributed by atoms with Crippen LogP contribution in [0.25, 0.3) is 0 Å². The van der Waals surface area contributed by atoms with Crippen LogP contribution < -0.4 is 0 Å². The Hall–Kier alpha value is 0.650. The van der Waals surface area contributed by atoms with Crippen molar-refractivity contribution in [3.05, 3.63) is 0 Å². The monoisotopic (exact) mass is 242 g/mol. The molecular formula is C6H11IO2. The molecule has 1 aliphatic rings. The second-order valence-electron chi connectivity index (χ2n) is 2.44. The first-order valence-electron chi connectivity index (χ1n) is 3.14. The smallest absolute Gasteiger partial charge is 0.0798 e. The molecule has 1 N–H and O–H groups in total. The minimum atomic E-state index is -0.216. The van der Waals surface area contributed by atoms with Crippen LogP contribution in [0.1, 0.15) is 13.3 Å². The van der Waals surface area contributed by atoms with Crippen molar-refractivity contribution >= 4 is 22.6 Å². The van der Waals surface area contributed by atoms with Crippen LogP contribution in [-0.4, -0.2) is 27.8 Å². The van der Waals surface area contributed by atoms with Gasteiger partial charge in [0.1, 0.15) is 0 Å². The number of hydrogen-bond acceptors (Lipinski definition) is 2. The predicted molar refractivity (Wildman–Crippen MR) is 43.8 cm³/mol. The number of halogens is 1. The van der Waals surface area contributed by atoms with E-state index in [9.17, 15) is 0 Å². The maximum atomic E-state index is 9.02. The highest BCUT2D eigenvalue weighted by atomic mass is 127. The summed E-state index contributed by atoms with van der Waals surface area (Å²) in [6.07, 6.45) is 0.872. The van der Waals surface area contributed by atoms with Crippen molar-refractivity contribution in [1.29, 1.82) is 0 Å². The molecule has 0 bridgehead atoms. The van der Waals surface area contributed by atoms with Crippen LogP contribution in [0, 0.1) is 0 Å². The van der Waals surface area contributed by atoms with Crippen molar-refractivity contribution in [2.24, 2.45) is 0 Å². The summed E-state index contributed by atoms with van der Waals surface area (Å²) in [5.74, 6) is 0.